The number of hydrogen-bond donors (Lipinski definition) is 1. The number of nitrogens with one attached hydrogen (secondary N) is 1. The number of piperazine rings is 1. The number of carbonyl (C=O) groups excluding carboxylic acids is 2. The van der Waals surface area contributed by atoms with Gasteiger partial charge in [0.15, 0.2) is 0 Å². The molecule has 0 aromatic carbocycles. The van der Waals surface area contributed by atoms with Crippen molar-refractivity contribution < 1.29 is 9.59 Å². The first-order chi connectivity index (χ1) is 7.18. The van der Waals surface area contributed by atoms with Crippen molar-refractivity contribution in [2.75, 3.05) is 46.3 Å². The van der Waals surface area contributed by atoms with E-state index >= 15 is 0 Å². The minimum atomic E-state index is -0.265. The average Bonchev–Trinajstić information content (AvgIpc) is 2.65. The van der Waals surface area contributed by atoms with Crippen LogP contribution >= 0.6 is 12.4 Å². The lowest BCUT2D eigenvalue weighted by molar-refractivity contribution is 0.132. The van der Waals surface area contributed by atoms with Gasteiger partial charge in [-0.1, -0.05) is 0 Å². The predicted octanol–water partition coefficient (Wildman–Crippen LogP) is -0.199. The molecule has 1 N–H and O–H groups in total. The van der Waals surface area contributed by atoms with Gasteiger partial charge in [-0.2, -0.15) is 0 Å². The van der Waals surface area contributed by atoms with Crippen LogP contribution in [0.4, 0.5) is 9.59 Å². The molecular weight excluding hydrogens is 232 g/mol. The van der Waals surface area contributed by atoms with E-state index in [0.29, 0.717) is 26.2 Å². The molecule has 0 aliphatic carbocycles. The third kappa shape index (κ3) is 2.56. The second-order valence-electron chi connectivity index (χ2n) is 3.96. The second-order valence-corrected chi connectivity index (χ2v) is 3.96. The predicted molar refractivity (Wildman–Crippen MR) is 61.8 cm³/mol. The van der Waals surface area contributed by atoms with Crippen LogP contribution in [0.5, 0.6) is 0 Å². The summed E-state index contributed by atoms with van der Waals surface area (Å²) >= 11 is 0. The smallest absolute Gasteiger partial charge is 0.328 e. The Labute approximate surface area is 101 Å². The average molecular weight is 249 g/mol. The fourth-order valence-corrected chi connectivity index (χ4v) is 1.82. The molecule has 0 aromatic heterocycles. The third-order valence-electron chi connectivity index (χ3n) is 2.86. The van der Waals surface area contributed by atoms with Crippen molar-refractivity contribution in [3.05, 3.63) is 0 Å². The molecule has 0 atom stereocenters. The number of rotatable bonds is 0. The Hall–Kier alpha value is -1.01. The summed E-state index contributed by atoms with van der Waals surface area (Å²) in [5, 5.41) is 2.63. The number of likely N-dealkylation sites (N-methyl/N-ethyl adjacent to an activating group) is 1. The molecule has 2 aliphatic heterocycles. The van der Waals surface area contributed by atoms with Crippen LogP contribution in [0.25, 0.3) is 0 Å². The first kappa shape index (κ1) is 13.1. The number of halogens is 1. The second kappa shape index (κ2) is 5.36. The fraction of sp³-hybridized carbons (Fsp3) is 0.778. The Bertz CT molecular complexity index is 279. The van der Waals surface area contributed by atoms with Crippen LogP contribution in [-0.4, -0.2) is 73.1 Å². The Morgan fingerprint density at radius 1 is 1.19 bits per heavy atom. The van der Waals surface area contributed by atoms with Crippen molar-refractivity contribution in [1.29, 1.82) is 0 Å². The number of carbonyl (C=O) groups is 2. The van der Waals surface area contributed by atoms with Crippen LogP contribution in [0, 0.1) is 0 Å². The van der Waals surface area contributed by atoms with Crippen LogP contribution in [0.1, 0.15) is 0 Å². The summed E-state index contributed by atoms with van der Waals surface area (Å²) in [7, 11) is 2.03. The molecule has 2 rings (SSSR count). The monoisotopic (exact) mass is 248 g/mol. The van der Waals surface area contributed by atoms with Crippen LogP contribution < -0.4 is 5.32 Å². The van der Waals surface area contributed by atoms with Gasteiger partial charge in [0, 0.05) is 39.3 Å². The Morgan fingerprint density at radius 3 is 2.31 bits per heavy atom. The van der Waals surface area contributed by atoms with E-state index in [1.54, 1.807) is 4.90 Å². The van der Waals surface area contributed by atoms with E-state index in [4.69, 9.17) is 0 Å². The lowest BCUT2D eigenvalue weighted by Crippen LogP contribution is -2.52. The minimum absolute atomic E-state index is 0. The summed E-state index contributed by atoms with van der Waals surface area (Å²) in [4.78, 5) is 28.4. The van der Waals surface area contributed by atoms with Gasteiger partial charge in [0.05, 0.1) is 0 Å². The molecule has 0 saturated carbocycles. The van der Waals surface area contributed by atoms with E-state index in [1.807, 2.05) is 7.05 Å². The Kier molecular flexibility index (Phi) is 4.37. The molecule has 6 nitrogen and oxygen atoms in total. The van der Waals surface area contributed by atoms with E-state index in [9.17, 15) is 9.59 Å². The molecule has 0 radical (unpaired) electrons. The lowest BCUT2D eigenvalue weighted by Gasteiger charge is -2.33. The van der Waals surface area contributed by atoms with Crippen molar-refractivity contribution in [2.24, 2.45) is 0 Å². The highest BCUT2D eigenvalue weighted by molar-refractivity contribution is 5.95. The summed E-state index contributed by atoms with van der Waals surface area (Å²) in [5.41, 5.74) is 0. The number of hydrogen-bond acceptors (Lipinski definition) is 3. The summed E-state index contributed by atoms with van der Waals surface area (Å²) < 4.78 is 0. The zero-order chi connectivity index (χ0) is 10.8. The van der Waals surface area contributed by atoms with Crippen LogP contribution in [0.2, 0.25) is 0 Å². The molecular formula is C9H17ClN4O2. The van der Waals surface area contributed by atoms with Gasteiger partial charge in [-0.05, 0) is 7.05 Å². The van der Waals surface area contributed by atoms with E-state index in [1.165, 1.54) is 4.90 Å². The fourth-order valence-electron chi connectivity index (χ4n) is 1.82. The van der Waals surface area contributed by atoms with Crippen molar-refractivity contribution in [3.63, 3.8) is 0 Å². The molecule has 0 unspecified atom stereocenters. The minimum Gasteiger partial charge on any atom is -0.336 e. The summed E-state index contributed by atoms with van der Waals surface area (Å²) in [6.45, 7) is 4.23. The Morgan fingerprint density at radius 2 is 1.81 bits per heavy atom. The lowest BCUT2D eigenvalue weighted by atomic mass is 10.3. The quantitative estimate of drug-likeness (QED) is 0.646. The highest BCUT2D eigenvalue weighted by Gasteiger charge is 2.31. The van der Waals surface area contributed by atoms with E-state index in [-0.39, 0.29) is 24.5 Å². The first-order valence-electron chi connectivity index (χ1n) is 5.21. The van der Waals surface area contributed by atoms with Crippen molar-refractivity contribution >= 4 is 24.5 Å². The van der Waals surface area contributed by atoms with Gasteiger partial charge < -0.3 is 15.1 Å². The van der Waals surface area contributed by atoms with Gasteiger partial charge in [0.25, 0.3) is 0 Å². The standard InChI is InChI=1S/C9H16N4O2.ClH/c1-11-4-6-12(7-5-11)9(15)13-3-2-10-8(13)14;/h2-7H2,1H3,(H,10,14);1H. The SMILES string of the molecule is CN1CCN(C(=O)N2CCNC2=O)CC1.Cl. The molecule has 0 aromatic rings. The summed E-state index contributed by atoms with van der Waals surface area (Å²) in [6.07, 6.45) is 0. The molecule has 0 spiro atoms. The number of urea groups is 2. The molecule has 92 valence electrons. The molecule has 16 heavy (non-hydrogen) atoms. The van der Waals surface area contributed by atoms with E-state index < -0.39 is 0 Å². The van der Waals surface area contributed by atoms with Crippen molar-refractivity contribution in [1.82, 2.24) is 20.0 Å². The van der Waals surface area contributed by atoms with Gasteiger partial charge >= 0.3 is 12.1 Å². The molecule has 2 saturated heterocycles. The summed E-state index contributed by atoms with van der Waals surface area (Å²) in [6, 6.07) is -0.419. The molecule has 2 aliphatic rings. The third-order valence-corrected chi connectivity index (χ3v) is 2.86. The molecule has 4 amide bonds. The normalized spacial score (nSPS) is 21.7. The van der Waals surface area contributed by atoms with Gasteiger partial charge in [0.1, 0.15) is 0 Å². The number of amides is 4. The topological polar surface area (TPSA) is 55.9 Å². The highest BCUT2D eigenvalue weighted by atomic mass is 35.5. The zero-order valence-corrected chi connectivity index (χ0v) is 10.1. The van der Waals surface area contributed by atoms with Crippen LogP contribution in [0.15, 0.2) is 0 Å². The highest BCUT2D eigenvalue weighted by Crippen LogP contribution is 2.06. The summed E-state index contributed by atoms with van der Waals surface area (Å²) in [5.74, 6) is 0. The maximum Gasteiger partial charge on any atom is 0.328 e. The van der Waals surface area contributed by atoms with Crippen LogP contribution in [0.3, 0.4) is 0 Å². The Balaban J connectivity index is 0.00000128. The largest absolute Gasteiger partial charge is 0.336 e. The van der Waals surface area contributed by atoms with Gasteiger partial charge in [-0.3, -0.25) is 0 Å². The molecule has 2 fully saturated rings. The van der Waals surface area contributed by atoms with Crippen LogP contribution in [-0.2, 0) is 0 Å². The number of imide groups is 1. The number of nitrogens with zero attached hydrogens (tertiary/aromatic N) is 3. The maximum absolute atomic E-state index is 11.9. The van der Waals surface area contributed by atoms with Gasteiger partial charge in [-0.15, -0.1) is 12.4 Å². The van der Waals surface area contributed by atoms with Crippen molar-refractivity contribution in [2.45, 2.75) is 0 Å². The molecule has 7 heteroatoms. The first-order valence-corrected chi connectivity index (χ1v) is 5.21. The molecule has 0 bridgehead atoms. The molecule has 2 heterocycles. The maximum atomic E-state index is 11.9. The van der Waals surface area contributed by atoms with Gasteiger partial charge in [-0.25, -0.2) is 14.5 Å². The van der Waals surface area contributed by atoms with E-state index in [0.717, 1.165) is 13.1 Å². The van der Waals surface area contributed by atoms with Gasteiger partial charge in [0.2, 0.25) is 0 Å². The van der Waals surface area contributed by atoms with E-state index in [2.05, 4.69) is 10.2 Å². The zero-order valence-electron chi connectivity index (χ0n) is 9.31. The van der Waals surface area contributed by atoms with Crippen molar-refractivity contribution in [3.8, 4) is 0 Å².